The summed E-state index contributed by atoms with van der Waals surface area (Å²) < 4.78 is 0. The first-order chi connectivity index (χ1) is 11.9. The van der Waals surface area contributed by atoms with Crippen LogP contribution in [0.25, 0.3) is 0 Å². The summed E-state index contributed by atoms with van der Waals surface area (Å²) >= 11 is 0. The van der Waals surface area contributed by atoms with Crippen molar-refractivity contribution in [3.8, 4) is 0 Å². The van der Waals surface area contributed by atoms with Gasteiger partial charge in [0.2, 0.25) is 11.8 Å². The standard InChI is InChI=1S/C20H31N3O2.ClH/c1-15(2)13-18(19(24)21-3)23-12-8-11-17(23)20(25)22(4)14-16-9-6-5-7-10-16;/h5-7,9-10,15,17-18H,8,11-14H2,1-4H3,(H,21,24);1H/t17-,18+;/m0./s1. The molecule has 2 amide bonds. The smallest absolute Gasteiger partial charge is 0.239 e. The molecule has 1 heterocycles. The van der Waals surface area contributed by atoms with E-state index in [-0.39, 0.29) is 36.3 Å². The van der Waals surface area contributed by atoms with E-state index in [0.717, 1.165) is 31.4 Å². The molecule has 146 valence electrons. The molecule has 0 bridgehead atoms. The first-order valence-corrected chi connectivity index (χ1v) is 9.20. The van der Waals surface area contributed by atoms with Crippen LogP contribution in [-0.2, 0) is 16.1 Å². The molecule has 1 aliphatic heterocycles. The average Bonchev–Trinajstić information content (AvgIpc) is 3.08. The van der Waals surface area contributed by atoms with E-state index in [1.165, 1.54) is 0 Å². The van der Waals surface area contributed by atoms with Gasteiger partial charge in [0.1, 0.15) is 0 Å². The van der Waals surface area contributed by atoms with Gasteiger partial charge < -0.3 is 10.2 Å². The lowest BCUT2D eigenvalue weighted by atomic mass is 10.0. The average molecular weight is 382 g/mol. The number of hydrogen-bond donors (Lipinski definition) is 1. The van der Waals surface area contributed by atoms with Crippen molar-refractivity contribution in [1.29, 1.82) is 0 Å². The monoisotopic (exact) mass is 381 g/mol. The molecule has 1 saturated heterocycles. The van der Waals surface area contributed by atoms with Crippen molar-refractivity contribution in [2.75, 3.05) is 20.6 Å². The second-order valence-corrected chi connectivity index (χ2v) is 7.34. The summed E-state index contributed by atoms with van der Waals surface area (Å²) in [4.78, 5) is 29.3. The number of rotatable bonds is 7. The summed E-state index contributed by atoms with van der Waals surface area (Å²) in [5.41, 5.74) is 1.12. The highest BCUT2D eigenvalue weighted by Crippen LogP contribution is 2.25. The second-order valence-electron chi connectivity index (χ2n) is 7.34. The summed E-state index contributed by atoms with van der Waals surface area (Å²) in [6.45, 7) is 5.63. The third-order valence-electron chi connectivity index (χ3n) is 4.86. The molecule has 0 aliphatic carbocycles. The van der Waals surface area contributed by atoms with Gasteiger partial charge in [-0.1, -0.05) is 44.2 Å². The number of carbonyl (C=O) groups excluding carboxylic acids is 2. The summed E-state index contributed by atoms with van der Waals surface area (Å²) in [6, 6.07) is 9.58. The molecule has 1 fully saturated rings. The van der Waals surface area contributed by atoms with Crippen molar-refractivity contribution in [3.05, 3.63) is 35.9 Å². The van der Waals surface area contributed by atoms with Crippen LogP contribution >= 0.6 is 12.4 Å². The zero-order chi connectivity index (χ0) is 18.4. The highest BCUT2D eigenvalue weighted by atomic mass is 35.5. The molecule has 26 heavy (non-hydrogen) atoms. The largest absolute Gasteiger partial charge is 0.358 e. The summed E-state index contributed by atoms with van der Waals surface area (Å²) in [7, 11) is 3.52. The third-order valence-corrected chi connectivity index (χ3v) is 4.86. The SMILES string of the molecule is CNC(=O)[C@@H](CC(C)C)N1CCC[C@H]1C(=O)N(C)Cc1ccccc1.Cl. The van der Waals surface area contributed by atoms with Gasteiger partial charge >= 0.3 is 0 Å². The van der Waals surface area contributed by atoms with E-state index in [4.69, 9.17) is 0 Å². The Morgan fingerprint density at radius 2 is 1.92 bits per heavy atom. The van der Waals surface area contributed by atoms with Gasteiger partial charge in [-0.3, -0.25) is 14.5 Å². The van der Waals surface area contributed by atoms with Crippen molar-refractivity contribution in [3.63, 3.8) is 0 Å². The molecule has 2 atom stereocenters. The topological polar surface area (TPSA) is 52.7 Å². The van der Waals surface area contributed by atoms with Gasteiger partial charge in [0, 0.05) is 20.6 Å². The Hall–Kier alpha value is -1.59. The summed E-state index contributed by atoms with van der Waals surface area (Å²) in [6.07, 6.45) is 2.55. The highest BCUT2D eigenvalue weighted by molar-refractivity contribution is 5.86. The lowest BCUT2D eigenvalue weighted by Gasteiger charge is -2.34. The molecule has 0 unspecified atom stereocenters. The predicted octanol–water partition coefficient (Wildman–Crippen LogP) is 2.69. The van der Waals surface area contributed by atoms with Crippen molar-refractivity contribution in [2.45, 2.75) is 51.7 Å². The number of nitrogens with zero attached hydrogens (tertiary/aromatic N) is 2. The molecular formula is C20H32ClN3O2. The number of benzene rings is 1. The molecular weight excluding hydrogens is 350 g/mol. The van der Waals surface area contributed by atoms with E-state index in [2.05, 4.69) is 24.1 Å². The zero-order valence-corrected chi connectivity index (χ0v) is 17.1. The number of likely N-dealkylation sites (N-methyl/N-ethyl adjacent to an activating group) is 2. The first-order valence-electron chi connectivity index (χ1n) is 9.20. The van der Waals surface area contributed by atoms with Gasteiger partial charge in [-0.15, -0.1) is 12.4 Å². The fourth-order valence-electron chi connectivity index (χ4n) is 3.62. The normalized spacial score (nSPS) is 18.3. The number of amides is 2. The molecule has 6 heteroatoms. The van der Waals surface area contributed by atoms with Gasteiger partial charge in [0.15, 0.2) is 0 Å². The van der Waals surface area contributed by atoms with Crippen LogP contribution in [0.15, 0.2) is 30.3 Å². The fourth-order valence-corrected chi connectivity index (χ4v) is 3.62. The van der Waals surface area contributed by atoms with Gasteiger partial charge in [0.05, 0.1) is 12.1 Å². The Bertz CT molecular complexity index is 580. The van der Waals surface area contributed by atoms with Crippen LogP contribution in [0.3, 0.4) is 0 Å². The van der Waals surface area contributed by atoms with E-state index >= 15 is 0 Å². The highest BCUT2D eigenvalue weighted by Gasteiger charge is 2.39. The molecule has 0 spiro atoms. The van der Waals surface area contributed by atoms with Crippen LogP contribution in [0, 0.1) is 5.92 Å². The molecule has 1 aromatic carbocycles. The summed E-state index contributed by atoms with van der Waals surface area (Å²) in [5.74, 6) is 0.527. The number of halogens is 1. The van der Waals surface area contributed by atoms with E-state index < -0.39 is 0 Å². The minimum Gasteiger partial charge on any atom is -0.358 e. The number of carbonyl (C=O) groups is 2. The van der Waals surface area contributed by atoms with Crippen LogP contribution in [-0.4, -0.2) is 54.3 Å². The molecule has 0 saturated carbocycles. The van der Waals surface area contributed by atoms with Gasteiger partial charge in [-0.25, -0.2) is 0 Å². The quantitative estimate of drug-likeness (QED) is 0.790. The van der Waals surface area contributed by atoms with Crippen LogP contribution < -0.4 is 5.32 Å². The first kappa shape index (κ1) is 22.5. The third kappa shape index (κ3) is 5.71. The maximum absolute atomic E-state index is 13.0. The second kappa shape index (κ2) is 10.5. The lowest BCUT2D eigenvalue weighted by Crippen LogP contribution is -2.53. The summed E-state index contributed by atoms with van der Waals surface area (Å²) in [5, 5.41) is 2.77. The molecule has 0 aromatic heterocycles. The van der Waals surface area contributed by atoms with Crippen LogP contribution in [0.1, 0.15) is 38.7 Å². The minimum atomic E-state index is -0.230. The maximum Gasteiger partial charge on any atom is 0.239 e. The van der Waals surface area contributed by atoms with Crippen LogP contribution in [0.2, 0.25) is 0 Å². The van der Waals surface area contributed by atoms with Crippen LogP contribution in [0.4, 0.5) is 0 Å². The Morgan fingerprint density at radius 3 is 2.50 bits per heavy atom. The van der Waals surface area contributed by atoms with Crippen molar-refractivity contribution in [1.82, 2.24) is 15.1 Å². The molecule has 0 radical (unpaired) electrons. The van der Waals surface area contributed by atoms with E-state index in [0.29, 0.717) is 12.5 Å². The van der Waals surface area contributed by atoms with E-state index in [9.17, 15) is 9.59 Å². The van der Waals surface area contributed by atoms with Crippen molar-refractivity contribution < 1.29 is 9.59 Å². The molecule has 2 rings (SSSR count). The fraction of sp³-hybridized carbons (Fsp3) is 0.600. The maximum atomic E-state index is 13.0. The van der Waals surface area contributed by atoms with Crippen molar-refractivity contribution >= 4 is 24.2 Å². The van der Waals surface area contributed by atoms with E-state index in [1.54, 1.807) is 11.9 Å². The number of likely N-dealkylation sites (tertiary alicyclic amines) is 1. The van der Waals surface area contributed by atoms with Gasteiger partial charge in [-0.05, 0) is 37.3 Å². The van der Waals surface area contributed by atoms with Crippen LogP contribution in [0.5, 0.6) is 0 Å². The van der Waals surface area contributed by atoms with Gasteiger partial charge in [0.25, 0.3) is 0 Å². The Labute approximate surface area is 163 Å². The molecule has 1 aromatic rings. The molecule has 1 aliphatic rings. The zero-order valence-electron chi connectivity index (χ0n) is 16.3. The lowest BCUT2D eigenvalue weighted by molar-refractivity contribution is -0.138. The minimum absolute atomic E-state index is 0. The number of nitrogens with one attached hydrogen (secondary N) is 1. The van der Waals surface area contributed by atoms with Gasteiger partial charge in [-0.2, -0.15) is 0 Å². The van der Waals surface area contributed by atoms with E-state index in [1.807, 2.05) is 37.4 Å². The molecule has 5 nitrogen and oxygen atoms in total. The Balaban J connectivity index is 0.00000338. The Kier molecular flexibility index (Phi) is 9.09. The predicted molar refractivity (Wildman–Crippen MR) is 107 cm³/mol. The number of hydrogen-bond acceptors (Lipinski definition) is 3. The Morgan fingerprint density at radius 1 is 1.27 bits per heavy atom. The molecule has 1 N–H and O–H groups in total. The van der Waals surface area contributed by atoms with Crippen molar-refractivity contribution in [2.24, 2.45) is 5.92 Å².